The summed E-state index contributed by atoms with van der Waals surface area (Å²) in [5, 5.41) is 9.26. The zero-order chi connectivity index (χ0) is 13.0. The Kier molecular flexibility index (Phi) is 3.65. The van der Waals surface area contributed by atoms with E-state index in [1.165, 1.54) is 0 Å². The molecule has 0 fully saturated rings. The minimum Gasteiger partial charge on any atom is -0.457 e. The first-order valence-electron chi connectivity index (χ1n) is 5.85. The molecule has 1 unspecified atom stereocenters. The highest BCUT2D eigenvalue weighted by Crippen LogP contribution is 2.25. The molecular weight excluding hydrogens is 226 g/mol. The van der Waals surface area contributed by atoms with Crippen molar-refractivity contribution in [3.8, 4) is 11.5 Å². The standard InChI is InChI=1S/C15H17NO2/c1-15(16,11-17)12-6-5-9-14(10-12)18-13-7-3-2-4-8-13/h2-10,17H,11,16H2,1H3. The highest BCUT2D eigenvalue weighted by molar-refractivity contribution is 5.36. The van der Waals surface area contributed by atoms with Crippen LogP contribution in [0.3, 0.4) is 0 Å². The number of benzene rings is 2. The predicted octanol–water partition coefficient (Wildman–Crippen LogP) is 2.65. The van der Waals surface area contributed by atoms with Crippen molar-refractivity contribution in [1.29, 1.82) is 0 Å². The molecule has 3 heteroatoms. The minimum absolute atomic E-state index is 0.109. The van der Waals surface area contributed by atoms with Crippen molar-refractivity contribution in [1.82, 2.24) is 0 Å². The van der Waals surface area contributed by atoms with Crippen LogP contribution >= 0.6 is 0 Å². The van der Waals surface area contributed by atoms with Crippen LogP contribution in [0.4, 0.5) is 0 Å². The molecule has 3 nitrogen and oxygen atoms in total. The maximum absolute atomic E-state index is 9.26. The zero-order valence-electron chi connectivity index (χ0n) is 10.3. The molecule has 0 heterocycles. The highest BCUT2D eigenvalue weighted by atomic mass is 16.5. The fourth-order valence-electron chi connectivity index (χ4n) is 1.63. The molecule has 0 saturated heterocycles. The average Bonchev–Trinajstić information content (AvgIpc) is 2.40. The van der Waals surface area contributed by atoms with Crippen molar-refractivity contribution >= 4 is 0 Å². The molecule has 94 valence electrons. The maximum atomic E-state index is 9.26. The van der Waals surface area contributed by atoms with Gasteiger partial charge in [-0.05, 0) is 36.8 Å². The predicted molar refractivity (Wildman–Crippen MR) is 71.6 cm³/mol. The first kappa shape index (κ1) is 12.6. The molecule has 0 aromatic heterocycles. The molecule has 3 N–H and O–H groups in total. The number of aliphatic hydroxyl groups is 1. The van der Waals surface area contributed by atoms with Crippen LogP contribution in [-0.2, 0) is 5.54 Å². The molecule has 0 aliphatic carbocycles. The summed E-state index contributed by atoms with van der Waals surface area (Å²) in [6.45, 7) is 1.68. The quantitative estimate of drug-likeness (QED) is 0.868. The Morgan fingerprint density at radius 1 is 1.06 bits per heavy atom. The lowest BCUT2D eigenvalue weighted by Gasteiger charge is -2.22. The minimum atomic E-state index is -0.754. The number of rotatable bonds is 4. The molecule has 0 aliphatic rings. The van der Waals surface area contributed by atoms with Crippen molar-refractivity contribution < 1.29 is 9.84 Å². The van der Waals surface area contributed by atoms with Crippen molar-refractivity contribution in [2.45, 2.75) is 12.5 Å². The van der Waals surface area contributed by atoms with Gasteiger partial charge in [-0.1, -0.05) is 30.3 Å². The lowest BCUT2D eigenvalue weighted by atomic mass is 9.94. The van der Waals surface area contributed by atoms with Gasteiger partial charge in [0.05, 0.1) is 12.1 Å². The number of hydrogen-bond acceptors (Lipinski definition) is 3. The first-order valence-corrected chi connectivity index (χ1v) is 5.85. The van der Waals surface area contributed by atoms with Gasteiger partial charge in [0.2, 0.25) is 0 Å². The number of aliphatic hydroxyl groups excluding tert-OH is 1. The van der Waals surface area contributed by atoms with Gasteiger partial charge in [0.15, 0.2) is 0 Å². The fourth-order valence-corrected chi connectivity index (χ4v) is 1.63. The van der Waals surface area contributed by atoms with E-state index in [2.05, 4.69) is 0 Å². The molecular formula is C15H17NO2. The summed E-state index contributed by atoms with van der Waals surface area (Å²) in [6.07, 6.45) is 0. The summed E-state index contributed by atoms with van der Waals surface area (Å²) in [6, 6.07) is 17.0. The van der Waals surface area contributed by atoms with E-state index in [1.54, 1.807) is 6.92 Å². The van der Waals surface area contributed by atoms with Crippen LogP contribution in [0.15, 0.2) is 54.6 Å². The van der Waals surface area contributed by atoms with E-state index < -0.39 is 5.54 Å². The van der Waals surface area contributed by atoms with Gasteiger partial charge in [-0.25, -0.2) is 0 Å². The molecule has 2 aromatic carbocycles. The van der Waals surface area contributed by atoms with Gasteiger partial charge in [0.1, 0.15) is 11.5 Å². The van der Waals surface area contributed by atoms with E-state index >= 15 is 0 Å². The Balaban J connectivity index is 2.23. The summed E-state index contributed by atoms with van der Waals surface area (Å²) < 4.78 is 5.72. The average molecular weight is 243 g/mol. The largest absolute Gasteiger partial charge is 0.457 e. The van der Waals surface area contributed by atoms with Crippen molar-refractivity contribution in [3.05, 3.63) is 60.2 Å². The number of hydrogen-bond donors (Lipinski definition) is 2. The first-order chi connectivity index (χ1) is 8.62. The van der Waals surface area contributed by atoms with E-state index in [1.807, 2.05) is 54.6 Å². The molecule has 0 radical (unpaired) electrons. The molecule has 2 rings (SSSR count). The van der Waals surface area contributed by atoms with Gasteiger partial charge in [-0.3, -0.25) is 0 Å². The smallest absolute Gasteiger partial charge is 0.127 e. The summed E-state index contributed by atoms with van der Waals surface area (Å²) in [7, 11) is 0. The number of nitrogens with two attached hydrogens (primary N) is 1. The van der Waals surface area contributed by atoms with Crippen LogP contribution < -0.4 is 10.5 Å². The third kappa shape index (κ3) is 2.88. The number of para-hydroxylation sites is 1. The molecule has 0 bridgehead atoms. The summed E-state index contributed by atoms with van der Waals surface area (Å²) >= 11 is 0. The zero-order valence-corrected chi connectivity index (χ0v) is 10.3. The molecule has 0 aliphatic heterocycles. The fraction of sp³-hybridized carbons (Fsp3) is 0.200. The van der Waals surface area contributed by atoms with Gasteiger partial charge in [0.25, 0.3) is 0 Å². The Bertz CT molecular complexity index is 509. The van der Waals surface area contributed by atoms with Crippen LogP contribution in [0.2, 0.25) is 0 Å². The van der Waals surface area contributed by atoms with E-state index in [0.717, 1.165) is 11.3 Å². The van der Waals surface area contributed by atoms with Gasteiger partial charge < -0.3 is 15.6 Å². The van der Waals surface area contributed by atoms with E-state index in [9.17, 15) is 5.11 Å². The van der Waals surface area contributed by atoms with Crippen molar-refractivity contribution in [2.24, 2.45) is 5.73 Å². The maximum Gasteiger partial charge on any atom is 0.127 e. The molecule has 0 amide bonds. The Morgan fingerprint density at radius 3 is 2.39 bits per heavy atom. The lowest BCUT2D eigenvalue weighted by molar-refractivity contribution is 0.210. The van der Waals surface area contributed by atoms with Crippen LogP contribution in [-0.4, -0.2) is 11.7 Å². The van der Waals surface area contributed by atoms with Crippen LogP contribution in [0.1, 0.15) is 12.5 Å². The molecule has 18 heavy (non-hydrogen) atoms. The third-order valence-corrected chi connectivity index (χ3v) is 2.80. The SMILES string of the molecule is CC(N)(CO)c1cccc(Oc2ccccc2)c1. The number of ether oxygens (including phenoxy) is 1. The van der Waals surface area contributed by atoms with E-state index in [-0.39, 0.29) is 6.61 Å². The molecule has 0 spiro atoms. The third-order valence-electron chi connectivity index (χ3n) is 2.80. The second-order valence-electron chi connectivity index (χ2n) is 4.52. The normalized spacial score (nSPS) is 13.9. The monoisotopic (exact) mass is 243 g/mol. The van der Waals surface area contributed by atoms with Gasteiger partial charge in [0, 0.05) is 0 Å². The van der Waals surface area contributed by atoms with Gasteiger partial charge >= 0.3 is 0 Å². The summed E-state index contributed by atoms with van der Waals surface area (Å²) in [4.78, 5) is 0. The highest BCUT2D eigenvalue weighted by Gasteiger charge is 2.20. The molecule has 0 saturated carbocycles. The summed E-state index contributed by atoms with van der Waals surface area (Å²) in [5.74, 6) is 1.49. The van der Waals surface area contributed by atoms with Crippen molar-refractivity contribution in [3.63, 3.8) is 0 Å². The lowest BCUT2D eigenvalue weighted by Crippen LogP contribution is -2.36. The second-order valence-corrected chi connectivity index (χ2v) is 4.52. The summed E-state index contributed by atoms with van der Waals surface area (Å²) in [5.41, 5.74) is 6.09. The van der Waals surface area contributed by atoms with E-state index in [0.29, 0.717) is 5.75 Å². The van der Waals surface area contributed by atoms with Crippen LogP contribution in [0.25, 0.3) is 0 Å². The van der Waals surface area contributed by atoms with Gasteiger partial charge in [-0.15, -0.1) is 0 Å². The van der Waals surface area contributed by atoms with Gasteiger partial charge in [-0.2, -0.15) is 0 Å². The molecule has 2 aromatic rings. The molecule has 1 atom stereocenters. The van der Waals surface area contributed by atoms with Crippen molar-refractivity contribution in [2.75, 3.05) is 6.61 Å². The Morgan fingerprint density at radius 2 is 1.72 bits per heavy atom. The topological polar surface area (TPSA) is 55.5 Å². The Hall–Kier alpha value is -1.84. The van der Waals surface area contributed by atoms with Crippen LogP contribution in [0, 0.1) is 0 Å². The second kappa shape index (κ2) is 5.21. The van der Waals surface area contributed by atoms with Crippen LogP contribution in [0.5, 0.6) is 11.5 Å². The Labute approximate surface area is 107 Å². The van der Waals surface area contributed by atoms with E-state index in [4.69, 9.17) is 10.5 Å².